The van der Waals surface area contributed by atoms with Crippen LogP contribution in [0.25, 0.3) is 22.3 Å². The molecule has 12 heteroatoms. The number of nitrogens with one attached hydrogen (secondary N) is 3. The Hall–Kier alpha value is -5.85. The minimum Gasteiger partial charge on any atom is -0.382 e. The Labute approximate surface area is 279 Å². The molecule has 48 heavy (non-hydrogen) atoms. The van der Waals surface area contributed by atoms with Crippen LogP contribution >= 0.6 is 0 Å². The Morgan fingerprint density at radius 2 is 1.62 bits per heavy atom. The van der Waals surface area contributed by atoms with E-state index in [0.29, 0.717) is 45.9 Å². The van der Waals surface area contributed by atoms with Crippen molar-refractivity contribution in [3.8, 4) is 11.3 Å². The molecule has 1 amide bonds. The van der Waals surface area contributed by atoms with Crippen LogP contribution in [0.5, 0.6) is 0 Å². The Morgan fingerprint density at radius 1 is 0.833 bits per heavy atom. The normalized spacial score (nSPS) is 11.6. The molecular formula is C36H34N8O3S. The van der Waals surface area contributed by atoms with Crippen molar-refractivity contribution in [2.45, 2.75) is 4.90 Å². The first kappa shape index (κ1) is 32.1. The molecule has 0 aliphatic rings. The van der Waals surface area contributed by atoms with Gasteiger partial charge in [0, 0.05) is 65.1 Å². The minimum atomic E-state index is -3.79. The third-order valence-electron chi connectivity index (χ3n) is 7.36. The highest BCUT2D eigenvalue weighted by molar-refractivity contribution is 7.90. The maximum atomic E-state index is 13.2. The van der Waals surface area contributed by atoms with E-state index in [-0.39, 0.29) is 10.8 Å². The topological polar surface area (TPSA) is 134 Å². The lowest BCUT2D eigenvalue weighted by molar-refractivity contribution is 0.102. The van der Waals surface area contributed by atoms with Crippen molar-refractivity contribution in [3.63, 3.8) is 0 Å². The molecule has 0 bridgehead atoms. The van der Waals surface area contributed by atoms with Gasteiger partial charge in [0.25, 0.3) is 15.9 Å². The van der Waals surface area contributed by atoms with E-state index < -0.39 is 10.0 Å². The second-order valence-corrected chi connectivity index (χ2v) is 13.0. The molecule has 3 N–H and O–H groups in total. The van der Waals surface area contributed by atoms with E-state index in [1.54, 1.807) is 60.8 Å². The van der Waals surface area contributed by atoms with Gasteiger partial charge < -0.3 is 20.9 Å². The van der Waals surface area contributed by atoms with E-state index >= 15 is 0 Å². The molecule has 11 nitrogen and oxygen atoms in total. The number of benzene rings is 3. The average Bonchev–Trinajstić information content (AvgIpc) is 3.53. The molecule has 0 atom stereocenters. The molecular weight excluding hydrogens is 625 g/mol. The summed E-state index contributed by atoms with van der Waals surface area (Å²) in [5.41, 5.74) is 4.44. The van der Waals surface area contributed by atoms with Crippen LogP contribution in [0.1, 0.15) is 10.4 Å². The predicted octanol–water partition coefficient (Wildman–Crippen LogP) is 6.26. The van der Waals surface area contributed by atoms with Crippen LogP contribution in [0, 0.1) is 0 Å². The van der Waals surface area contributed by atoms with Gasteiger partial charge in [-0.25, -0.2) is 27.3 Å². The number of aromatic nitrogens is 4. The molecule has 0 radical (unpaired) electrons. The fraction of sp³-hybridized carbons (Fsp3) is 0.111. The summed E-state index contributed by atoms with van der Waals surface area (Å²) >= 11 is 0. The molecule has 0 fully saturated rings. The number of amides is 1. The van der Waals surface area contributed by atoms with Crippen molar-refractivity contribution < 1.29 is 13.2 Å². The van der Waals surface area contributed by atoms with Crippen LogP contribution in [0.4, 0.5) is 22.9 Å². The third kappa shape index (κ3) is 7.57. The fourth-order valence-electron chi connectivity index (χ4n) is 4.93. The summed E-state index contributed by atoms with van der Waals surface area (Å²) < 4.78 is 27.5. The van der Waals surface area contributed by atoms with E-state index in [2.05, 4.69) is 48.0 Å². The zero-order valence-electron chi connectivity index (χ0n) is 26.4. The van der Waals surface area contributed by atoms with Gasteiger partial charge in [-0.3, -0.25) is 4.79 Å². The Morgan fingerprint density at radius 3 is 2.42 bits per heavy atom. The van der Waals surface area contributed by atoms with Crippen LogP contribution < -0.4 is 16.0 Å². The number of carbonyl (C=O) groups excluding carboxylic acids is 1. The number of nitrogens with zero attached hydrogens (tertiary/aromatic N) is 5. The molecule has 6 rings (SSSR count). The third-order valence-corrected chi connectivity index (χ3v) is 9.04. The van der Waals surface area contributed by atoms with Gasteiger partial charge in [-0.2, -0.15) is 0 Å². The monoisotopic (exact) mass is 658 g/mol. The van der Waals surface area contributed by atoms with Crippen LogP contribution in [0.2, 0.25) is 0 Å². The van der Waals surface area contributed by atoms with Crippen molar-refractivity contribution in [2.75, 3.05) is 43.1 Å². The molecule has 3 heterocycles. The molecule has 242 valence electrons. The highest BCUT2D eigenvalue weighted by Crippen LogP contribution is 2.27. The molecule has 0 saturated carbocycles. The van der Waals surface area contributed by atoms with Gasteiger partial charge in [0.1, 0.15) is 12.1 Å². The van der Waals surface area contributed by atoms with Gasteiger partial charge >= 0.3 is 0 Å². The van der Waals surface area contributed by atoms with E-state index in [1.165, 1.54) is 16.5 Å². The van der Waals surface area contributed by atoms with E-state index in [4.69, 9.17) is 0 Å². The van der Waals surface area contributed by atoms with E-state index in [1.807, 2.05) is 56.6 Å². The van der Waals surface area contributed by atoms with Gasteiger partial charge in [0.05, 0.1) is 10.6 Å². The lowest BCUT2D eigenvalue weighted by atomic mass is 10.1. The zero-order valence-corrected chi connectivity index (χ0v) is 27.2. The standard InChI is InChI=1S/C36H34N8O3S/c1-43(2)19-7-6-18-37-29-15-13-26(14-16-29)36(45)42-31-10-8-9-30(22-31)41-34-23-33(39-25-40-34)28-21-27-17-20-44(35(27)38-24-28)48(46,47)32-11-4-3-5-12-32/h3-17,20-25,37H,18-19H2,1-2H3,(H,42,45)(H,39,40,41)/b7-6+. The molecule has 3 aromatic heterocycles. The van der Waals surface area contributed by atoms with Gasteiger partial charge in [0.2, 0.25) is 0 Å². The minimum absolute atomic E-state index is 0.185. The number of likely N-dealkylation sites (N-methyl/N-ethyl adjacent to an activating group) is 1. The average molecular weight is 659 g/mol. The van der Waals surface area contributed by atoms with Crippen LogP contribution in [0.3, 0.4) is 0 Å². The molecule has 0 aliphatic heterocycles. The molecule has 6 aromatic rings. The summed E-state index contributed by atoms with van der Waals surface area (Å²) in [6.07, 6.45) is 8.71. The highest BCUT2D eigenvalue weighted by atomic mass is 32.2. The number of anilines is 4. The SMILES string of the molecule is CN(C)C/C=C/CNc1ccc(C(=O)Nc2cccc(Nc3cc(-c4cnc5c(ccn5S(=O)(=O)c5ccccc5)c4)ncn3)c2)cc1. The van der Waals surface area contributed by atoms with Gasteiger partial charge in [-0.15, -0.1) is 0 Å². The van der Waals surface area contributed by atoms with Crippen LogP contribution in [-0.2, 0) is 10.0 Å². The lowest BCUT2D eigenvalue weighted by Crippen LogP contribution is -2.12. The largest absolute Gasteiger partial charge is 0.382 e. The Balaban J connectivity index is 1.11. The Bertz CT molecular complexity index is 2180. The van der Waals surface area contributed by atoms with Gasteiger partial charge in [-0.1, -0.05) is 36.4 Å². The number of carbonyl (C=O) groups is 1. The molecule has 0 spiro atoms. The van der Waals surface area contributed by atoms with Crippen molar-refractivity contribution in [2.24, 2.45) is 0 Å². The number of hydrogen-bond donors (Lipinski definition) is 3. The summed E-state index contributed by atoms with van der Waals surface area (Å²) in [6.45, 7) is 1.59. The molecule has 0 saturated heterocycles. The summed E-state index contributed by atoms with van der Waals surface area (Å²) in [5, 5.41) is 10.2. The molecule has 0 aliphatic carbocycles. The van der Waals surface area contributed by atoms with E-state index in [0.717, 1.165) is 17.9 Å². The van der Waals surface area contributed by atoms with Crippen LogP contribution in [0.15, 0.2) is 133 Å². The smallest absolute Gasteiger partial charge is 0.269 e. The maximum absolute atomic E-state index is 13.2. The highest BCUT2D eigenvalue weighted by Gasteiger charge is 2.19. The fourth-order valence-corrected chi connectivity index (χ4v) is 6.26. The van der Waals surface area contributed by atoms with Crippen molar-refractivity contribution in [3.05, 3.63) is 133 Å². The Kier molecular flexibility index (Phi) is 9.55. The van der Waals surface area contributed by atoms with Gasteiger partial charge in [0.15, 0.2) is 5.65 Å². The second-order valence-electron chi connectivity index (χ2n) is 11.2. The second kappa shape index (κ2) is 14.3. The number of fused-ring (bicyclic) bond motifs is 1. The van der Waals surface area contributed by atoms with Crippen LogP contribution in [-0.4, -0.2) is 65.3 Å². The van der Waals surface area contributed by atoms with Crippen molar-refractivity contribution in [1.29, 1.82) is 0 Å². The number of rotatable bonds is 12. The zero-order chi connectivity index (χ0) is 33.5. The predicted molar refractivity (Wildman–Crippen MR) is 190 cm³/mol. The first-order chi connectivity index (χ1) is 23.3. The molecule has 0 unspecified atom stereocenters. The van der Waals surface area contributed by atoms with Crippen molar-refractivity contribution >= 4 is 49.8 Å². The van der Waals surface area contributed by atoms with E-state index in [9.17, 15) is 13.2 Å². The number of hydrogen-bond acceptors (Lipinski definition) is 9. The van der Waals surface area contributed by atoms with Crippen molar-refractivity contribution in [1.82, 2.24) is 23.8 Å². The summed E-state index contributed by atoms with van der Waals surface area (Å²) in [5.74, 6) is 0.314. The summed E-state index contributed by atoms with van der Waals surface area (Å²) in [6, 6.07) is 28.3. The lowest BCUT2D eigenvalue weighted by Gasteiger charge is -2.11. The first-order valence-electron chi connectivity index (χ1n) is 15.2. The van der Waals surface area contributed by atoms with Gasteiger partial charge in [-0.05, 0) is 80.8 Å². The molecule has 3 aromatic carbocycles. The maximum Gasteiger partial charge on any atom is 0.269 e. The summed E-state index contributed by atoms with van der Waals surface area (Å²) in [4.78, 5) is 28.5. The summed E-state index contributed by atoms with van der Waals surface area (Å²) in [7, 11) is 0.257. The first-order valence-corrected chi connectivity index (χ1v) is 16.6. The quantitative estimate of drug-likeness (QED) is 0.130. The number of pyridine rings is 1.